The first-order chi connectivity index (χ1) is 9.21. The van der Waals surface area contributed by atoms with E-state index >= 15 is 0 Å². The third-order valence-electron chi connectivity index (χ3n) is 3.55. The van der Waals surface area contributed by atoms with Crippen molar-refractivity contribution in [1.29, 1.82) is 0 Å². The first kappa shape index (κ1) is 14.2. The maximum Gasteiger partial charge on any atom is 0.216 e. The number of methoxy groups -OCH3 is 1. The van der Waals surface area contributed by atoms with Crippen LogP contribution in [0.3, 0.4) is 0 Å². The fraction of sp³-hybridized carbons (Fsp3) is 0.714. The van der Waals surface area contributed by atoms with E-state index in [2.05, 4.69) is 9.97 Å². The molecule has 19 heavy (non-hydrogen) atoms. The highest BCUT2D eigenvalue weighted by Gasteiger charge is 2.31. The molecule has 2 rings (SSSR count). The van der Waals surface area contributed by atoms with Gasteiger partial charge in [-0.15, -0.1) is 0 Å². The highest BCUT2D eigenvalue weighted by atomic mass is 16.5. The Morgan fingerprint density at radius 3 is 2.89 bits per heavy atom. The number of aliphatic hydroxyl groups excluding tert-OH is 1. The molecule has 1 fully saturated rings. The molecule has 5 heteroatoms. The predicted octanol–water partition coefficient (Wildman–Crippen LogP) is 1.59. The smallest absolute Gasteiger partial charge is 0.216 e. The van der Waals surface area contributed by atoms with Crippen molar-refractivity contribution >= 4 is 0 Å². The van der Waals surface area contributed by atoms with E-state index in [4.69, 9.17) is 9.47 Å². The normalized spacial score (nSPS) is 23.7. The van der Waals surface area contributed by atoms with E-state index in [1.54, 1.807) is 13.2 Å². The lowest BCUT2D eigenvalue weighted by atomic mass is 9.78. The number of hydrogen-bond donors (Lipinski definition) is 1. The number of nitrogens with zero attached hydrogens (tertiary/aromatic N) is 2. The molecule has 106 valence electrons. The molecule has 1 aliphatic carbocycles. The number of aromatic nitrogens is 2. The third kappa shape index (κ3) is 4.14. The van der Waals surface area contributed by atoms with Crippen LogP contribution in [0.15, 0.2) is 12.4 Å². The third-order valence-corrected chi connectivity index (χ3v) is 3.55. The molecule has 1 aromatic heterocycles. The van der Waals surface area contributed by atoms with E-state index in [0.717, 1.165) is 31.6 Å². The molecule has 0 radical (unpaired) electrons. The minimum absolute atomic E-state index is 0.354. The second-order valence-corrected chi connectivity index (χ2v) is 5.06. The molecule has 1 aliphatic rings. The van der Waals surface area contributed by atoms with Crippen LogP contribution in [0.4, 0.5) is 0 Å². The second kappa shape index (κ2) is 6.82. The lowest BCUT2D eigenvalue weighted by molar-refractivity contribution is -0.0376. The second-order valence-electron chi connectivity index (χ2n) is 5.06. The topological polar surface area (TPSA) is 64.5 Å². The molecule has 0 aliphatic heterocycles. The van der Waals surface area contributed by atoms with Gasteiger partial charge in [0.25, 0.3) is 0 Å². The maximum absolute atomic E-state index is 10.1. The molecule has 5 nitrogen and oxygen atoms in total. The first-order valence-electron chi connectivity index (χ1n) is 6.85. The maximum atomic E-state index is 10.1. The Morgan fingerprint density at radius 2 is 2.21 bits per heavy atom. The summed E-state index contributed by atoms with van der Waals surface area (Å²) in [5.74, 6) is 1.12. The molecule has 0 amide bonds. The van der Waals surface area contributed by atoms with Gasteiger partial charge in [0.05, 0.1) is 25.0 Å². The molecule has 1 N–H and O–H groups in total. The summed E-state index contributed by atoms with van der Waals surface area (Å²) in [5.41, 5.74) is 0.819. The summed E-state index contributed by atoms with van der Waals surface area (Å²) < 4.78 is 10.6. The van der Waals surface area contributed by atoms with Gasteiger partial charge in [0.15, 0.2) is 0 Å². The molecule has 0 spiro atoms. The van der Waals surface area contributed by atoms with Crippen LogP contribution in [0.2, 0.25) is 0 Å². The zero-order chi connectivity index (χ0) is 13.7. The van der Waals surface area contributed by atoms with Crippen molar-refractivity contribution in [3.05, 3.63) is 18.1 Å². The number of aliphatic hydroxyl groups is 1. The fourth-order valence-corrected chi connectivity index (χ4v) is 2.55. The van der Waals surface area contributed by atoms with Crippen LogP contribution in [0.25, 0.3) is 0 Å². The Hall–Kier alpha value is -1.20. The van der Waals surface area contributed by atoms with Crippen molar-refractivity contribution in [2.24, 2.45) is 5.92 Å². The summed E-state index contributed by atoms with van der Waals surface area (Å²) in [6.07, 6.45) is 5.02. The molecule has 1 atom stereocenters. The van der Waals surface area contributed by atoms with Crippen molar-refractivity contribution in [3.63, 3.8) is 0 Å². The Balaban J connectivity index is 1.74. The monoisotopic (exact) mass is 266 g/mol. The Labute approximate surface area is 114 Å². The first-order valence-corrected chi connectivity index (χ1v) is 6.85. The minimum Gasteiger partial charge on any atom is -0.481 e. The summed E-state index contributed by atoms with van der Waals surface area (Å²) in [6, 6.07) is 1.77. The minimum atomic E-state index is -0.354. The van der Waals surface area contributed by atoms with E-state index in [9.17, 15) is 5.11 Å². The molecule has 1 unspecified atom stereocenters. The molecule has 1 saturated carbocycles. The van der Waals surface area contributed by atoms with Gasteiger partial charge in [-0.25, -0.2) is 9.97 Å². The lowest BCUT2D eigenvalue weighted by Crippen LogP contribution is -2.34. The van der Waals surface area contributed by atoms with Gasteiger partial charge in [-0.1, -0.05) is 0 Å². The van der Waals surface area contributed by atoms with Crippen LogP contribution in [-0.2, 0) is 11.2 Å². The molecule has 1 heterocycles. The average molecular weight is 266 g/mol. The van der Waals surface area contributed by atoms with Crippen LogP contribution in [-0.4, -0.2) is 41.0 Å². The van der Waals surface area contributed by atoms with Crippen molar-refractivity contribution < 1.29 is 14.6 Å². The Morgan fingerprint density at radius 1 is 1.42 bits per heavy atom. The highest BCUT2D eigenvalue weighted by molar-refractivity contribution is 5.14. The van der Waals surface area contributed by atoms with E-state index in [1.807, 2.05) is 6.92 Å². The quantitative estimate of drug-likeness (QED) is 0.812. The van der Waals surface area contributed by atoms with Gasteiger partial charge in [-0.3, -0.25) is 0 Å². The van der Waals surface area contributed by atoms with Crippen LogP contribution in [0.1, 0.15) is 31.9 Å². The molecule has 0 bridgehead atoms. The van der Waals surface area contributed by atoms with Gasteiger partial charge in [0.1, 0.15) is 6.33 Å². The summed E-state index contributed by atoms with van der Waals surface area (Å²) in [4.78, 5) is 8.10. The largest absolute Gasteiger partial charge is 0.481 e. The summed E-state index contributed by atoms with van der Waals surface area (Å²) >= 11 is 0. The van der Waals surface area contributed by atoms with Crippen LogP contribution < -0.4 is 4.74 Å². The van der Waals surface area contributed by atoms with Crippen molar-refractivity contribution in [2.45, 2.75) is 44.8 Å². The van der Waals surface area contributed by atoms with Crippen molar-refractivity contribution in [2.75, 3.05) is 13.7 Å². The zero-order valence-corrected chi connectivity index (χ0v) is 11.6. The van der Waals surface area contributed by atoms with Crippen LogP contribution in [0, 0.1) is 5.92 Å². The molecular formula is C14H22N2O3. The van der Waals surface area contributed by atoms with Crippen molar-refractivity contribution in [1.82, 2.24) is 9.97 Å². The number of ether oxygens (including phenoxy) is 2. The van der Waals surface area contributed by atoms with E-state index in [-0.39, 0.29) is 6.10 Å². The Kier molecular flexibility index (Phi) is 5.10. The standard InChI is InChI=1S/C14H22N2O3/c1-3-19-13-5-10(6-13)4-12(17)7-11-8-14(18-2)16-9-15-11/h8-10,12-13,17H,3-7H2,1-2H3. The summed E-state index contributed by atoms with van der Waals surface area (Å²) in [5, 5.41) is 10.1. The number of rotatable bonds is 7. The average Bonchev–Trinajstić information content (AvgIpc) is 2.36. The van der Waals surface area contributed by atoms with E-state index in [0.29, 0.717) is 24.3 Å². The number of hydrogen-bond acceptors (Lipinski definition) is 5. The van der Waals surface area contributed by atoms with Gasteiger partial charge in [0, 0.05) is 19.1 Å². The molecule has 0 saturated heterocycles. The lowest BCUT2D eigenvalue weighted by Gasteiger charge is -2.36. The van der Waals surface area contributed by atoms with E-state index < -0.39 is 0 Å². The summed E-state index contributed by atoms with van der Waals surface area (Å²) in [6.45, 7) is 2.80. The molecule has 1 aromatic rings. The zero-order valence-electron chi connectivity index (χ0n) is 11.6. The van der Waals surface area contributed by atoms with Crippen molar-refractivity contribution in [3.8, 4) is 5.88 Å². The Bertz CT molecular complexity index is 394. The van der Waals surface area contributed by atoms with Gasteiger partial charge in [0.2, 0.25) is 5.88 Å². The predicted molar refractivity (Wildman–Crippen MR) is 71.0 cm³/mol. The van der Waals surface area contributed by atoms with Crippen LogP contribution in [0.5, 0.6) is 5.88 Å². The van der Waals surface area contributed by atoms with Gasteiger partial charge < -0.3 is 14.6 Å². The van der Waals surface area contributed by atoms with Gasteiger partial charge >= 0.3 is 0 Å². The fourth-order valence-electron chi connectivity index (χ4n) is 2.55. The highest BCUT2D eigenvalue weighted by Crippen LogP contribution is 2.34. The molecular weight excluding hydrogens is 244 g/mol. The molecule has 0 aromatic carbocycles. The van der Waals surface area contributed by atoms with Gasteiger partial charge in [-0.05, 0) is 32.1 Å². The SMILES string of the molecule is CCOC1CC(CC(O)Cc2cc(OC)ncn2)C1. The van der Waals surface area contributed by atoms with Crippen LogP contribution >= 0.6 is 0 Å². The van der Waals surface area contributed by atoms with E-state index in [1.165, 1.54) is 6.33 Å². The van der Waals surface area contributed by atoms with Gasteiger partial charge in [-0.2, -0.15) is 0 Å². The summed E-state index contributed by atoms with van der Waals surface area (Å²) in [7, 11) is 1.57.